The van der Waals surface area contributed by atoms with Gasteiger partial charge >= 0.3 is 0 Å². The summed E-state index contributed by atoms with van der Waals surface area (Å²) in [6.45, 7) is 2.69. The number of benzene rings is 1. The van der Waals surface area contributed by atoms with Gasteiger partial charge in [0.1, 0.15) is 11.5 Å². The highest BCUT2D eigenvalue weighted by Gasteiger charge is 2.11. The second kappa shape index (κ2) is 5.44. The molecule has 2 aromatic rings. The summed E-state index contributed by atoms with van der Waals surface area (Å²) in [6.07, 6.45) is 2.47. The number of carbonyl (C=O) groups excluding carboxylic acids is 1. The number of nitrogens with one attached hydrogen (secondary N) is 1. The minimum Gasteiger partial charge on any atom is -0.321 e. The fraction of sp³-hybridized carbons (Fsp3) is 0.231. The van der Waals surface area contributed by atoms with Crippen LogP contribution in [0, 0.1) is 5.82 Å². The third-order valence-electron chi connectivity index (χ3n) is 2.47. The van der Waals surface area contributed by atoms with Gasteiger partial charge in [0.25, 0.3) is 5.91 Å². The molecule has 1 heterocycles. The Morgan fingerprint density at radius 3 is 3.00 bits per heavy atom. The fourth-order valence-corrected chi connectivity index (χ4v) is 1.68. The average Bonchev–Trinajstić information content (AvgIpc) is 2.78. The molecule has 0 aliphatic rings. The monoisotopic (exact) mass is 247 g/mol. The Hall–Kier alpha value is -2.17. The number of halogens is 1. The van der Waals surface area contributed by atoms with Crippen LogP contribution in [0.1, 0.15) is 23.8 Å². The first-order chi connectivity index (χ1) is 8.70. The van der Waals surface area contributed by atoms with Gasteiger partial charge in [-0.3, -0.25) is 9.48 Å². The Labute approximate surface area is 104 Å². The number of nitrogens with zero attached hydrogens (tertiary/aromatic N) is 2. The second-order valence-electron chi connectivity index (χ2n) is 3.90. The summed E-state index contributed by atoms with van der Waals surface area (Å²) in [6, 6.07) is 7.44. The number of aromatic nitrogens is 2. The Morgan fingerprint density at radius 1 is 1.44 bits per heavy atom. The smallest absolute Gasteiger partial charge is 0.273 e. The lowest BCUT2D eigenvalue weighted by Gasteiger charge is -2.07. The van der Waals surface area contributed by atoms with E-state index in [0.717, 1.165) is 6.42 Å². The van der Waals surface area contributed by atoms with E-state index in [-0.39, 0.29) is 11.7 Å². The van der Waals surface area contributed by atoms with Gasteiger partial charge in [-0.15, -0.1) is 0 Å². The lowest BCUT2D eigenvalue weighted by atomic mass is 10.3. The van der Waals surface area contributed by atoms with E-state index in [1.165, 1.54) is 12.1 Å². The summed E-state index contributed by atoms with van der Waals surface area (Å²) in [5.74, 6) is -0.665. The molecule has 2 rings (SSSR count). The van der Waals surface area contributed by atoms with E-state index in [1.54, 1.807) is 29.1 Å². The SMILES string of the molecule is CCCn1nccc1C(=O)Nc1cccc(F)c1. The van der Waals surface area contributed by atoms with Crippen LogP contribution in [-0.2, 0) is 6.54 Å². The first kappa shape index (κ1) is 12.3. The van der Waals surface area contributed by atoms with E-state index in [9.17, 15) is 9.18 Å². The zero-order valence-corrected chi connectivity index (χ0v) is 10.1. The van der Waals surface area contributed by atoms with Crippen LogP contribution < -0.4 is 5.32 Å². The highest BCUT2D eigenvalue weighted by Crippen LogP contribution is 2.11. The van der Waals surface area contributed by atoms with Gasteiger partial charge in [-0.2, -0.15) is 5.10 Å². The van der Waals surface area contributed by atoms with Crippen molar-refractivity contribution < 1.29 is 9.18 Å². The quantitative estimate of drug-likeness (QED) is 0.902. The molecule has 94 valence electrons. The minimum atomic E-state index is -0.380. The maximum atomic E-state index is 13.0. The standard InChI is InChI=1S/C13H14FN3O/c1-2-8-17-12(6-7-15-17)13(18)16-11-5-3-4-10(14)9-11/h3-7,9H,2,8H2,1H3,(H,16,18). The van der Waals surface area contributed by atoms with Crippen LogP contribution in [0.2, 0.25) is 0 Å². The molecule has 4 nitrogen and oxygen atoms in total. The van der Waals surface area contributed by atoms with Crippen molar-refractivity contribution in [3.05, 3.63) is 48.0 Å². The zero-order chi connectivity index (χ0) is 13.0. The molecule has 0 radical (unpaired) electrons. The van der Waals surface area contributed by atoms with Crippen molar-refractivity contribution in [2.24, 2.45) is 0 Å². The molecule has 0 saturated carbocycles. The van der Waals surface area contributed by atoms with Crippen molar-refractivity contribution in [1.29, 1.82) is 0 Å². The minimum absolute atomic E-state index is 0.286. The van der Waals surface area contributed by atoms with Crippen molar-refractivity contribution in [1.82, 2.24) is 9.78 Å². The molecule has 0 saturated heterocycles. The first-order valence-corrected chi connectivity index (χ1v) is 5.79. The Morgan fingerprint density at radius 2 is 2.28 bits per heavy atom. The number of rotatable bonds is 4. The molecule has 0 spiro atoms. The van der Waals surface area contributed by atoms with Crippen LogP contribution in [0.4, 0.5) is 10.1 Å². The molecule has 0 aliphatic carbocycles. The van der Waals surface area contributed by atoms with Gasteiger partial charge in [-0.1, -0.05) is 13.0 Å². The summed E-state index contributed by atoms with van der Waals surface area (Å²) >= 11 is 0. The second-order valence-corrected chi connectivity index (χ2v) is 3.90. The largest absolute Gasteiger partial charge is 0.321 e. The number of hydrogen-bond acceptors (Lipinski definition) is 2. The van der Waals surface area contributed by atoms with Gasteiger partial charge in [-0.05, 0) is 30.7 Å². The van der Waals surface area contributed by atoms with Gasteiger partial charge in [0, 0.05) is 18.4 Å². The van der Waals surface area contributed by atoms with E-state index in [1.807, 2.05) is 6.92 Å². The van der Waals surface area contributed by atoms with Crippen molar-refractivity contribution in [2.75, 3.05) is 5.32 Å². The molecular formula is C13H14FN3O. The molecule has 0 fully saturated rings. The maximum Gasteiger partial charge on any atom is 0.273 e. The highest BCUT2D eigenvalue weighted by molar-refractivity contribution is 6.02. The third-order valence-corrected chi connectivity index (χ3v) is 2.47. The molecule has 0 unspecified atom stereocenters. The van der Waals surface area contributed by atoms with Crippen molar-refractivity contribution >= 4 is 11.6 Å². The summed E-state index contributed by atoms with van der Waals surface area (Å²) in [5, 5.41) is 6.71. The first-order valence-electron chi connectivity index (χ1n) is 5.79. The Balaban J connectivity index is 2.14. The molecule has 1 aromatic heterocycles. The van der Waals surface area contributed by atoms with Crippen LogP contribution in [-0.4, -0.2) is 15.7 Å². The molecule has 1 aromatic carbocycles. The van der Waals surface area contributed by atoms with E-state index in [4.69, 9.17) is 0 Å². The third kappa shape index (κ3) is 2.74. The van der Waals surface area contributed by atoms with Gasteiger partial charge < -0.3 is 5.32 Å². The Kier molecular flexibility index (Phi) is 3.72. The normalized spacial score (nSPS) is 10.3. The van der Waals surface area contributed by atoms with Gasteiger partial charge in [0.15, 0.2) is 0 Å². The van der Waals surface area contributed by atoms with Crippen LogP contribution in [0.25, 0.3) is 0 Å². The number of anilines is 1. The average molecular weight is 247 g/mol. The lowest BCUT2D eigenvalue weighted by molar-refractivity contribution is 0.101. The highest BCUT2D eigenvalue weighted by atomic mass is 19.1. The van der Waals surface area contributed by atoms with E-state index in [0.29, 0.717) is 17.9 Å². The summed E-state index contributed by atoms with van der Waals surface area (Å²) in [5.41, 5.74) is 0.908. The molecule has 1 amide bonds. The maximum absolute atomic E-state index is 13.0. The van der Waals surface area contributed by atoms with Gasteiger partial charge in [-0.25, -0.2) is 4.39 Å². The Bertz CT molecular complexity index is 551. The number of amides is 1. The van der Waals surface area contributed by atoms with E-state index >= 15 is 0 Å². The molecule has 5 heteroatoms. The van der Waals surface area contributed by atoms with Gasteiger partial charge in [0.2, 0.25) is 0 Å². The molecular weight excluding hydrogens is 233 g/mol. The zero-order valence-electron chi connectivity index (χ0n) is 10.1. The van der Waals surface area contributed by atoms with Crippen molar-refractivity contribution in [3.8, 4) is 0 Å². The van der Waals surface area contributed by atoms with E-state index < -0.39 is 0 Å². The molecule has 18 heavy (non-hydrogen) atoms. The summed E-state index contributed by atoms with van der Waals surface area (Å²) in [4.78, 5) is 12.0. The topological polar surface area (TPSA) is 46.9 Å². The van der Waals surface area contributed by atoms with Crippen LogP contribution in [0.5, 0.6) is 0 Å². The predicted molar refractivity (Wildman–Crippen MR) is 66.9 cm³/mol. The van der Waals surface area contributed by atoms with E-state index in [2.05, 4.69) is 10.4 Å². The molecule has 0 bridgehead atoms. The number of carbonyl (C=O) groups is 1. The fourth-order valence-electron chi connectivity index (χ4n) is 1.68. The predicted octanol–water partition coefficient (Wildman–Crippen LogP) is 2.68. The lowest BCUT2D eigenvalue weighted by Crippen LogP contribution is -2.17. The van der Waals surface area contributed by atoms with Crippen LogP contribution in [0.3, 0.4) is 0 Å². The number of hydrogen-bond donors (Lipinski definition) is 1. The summed E-state index contributed by atoms with van der Waals surface area (Å²) in [7, 11) is 0. The number of aryl methyl sites for hydroxylation is 1. The molecule has 0 atom stereocenters. The van der Waals surface area contributed by atoms with Gasteiger partial charge in [0.05, 0.1) is 0 Å². The van der Waals surface area contributed by atoms with Crippen molar-refractivity contribution in [3.63, 3.8) is 0 Å². The van der Waals surface area contributed by atoms with Crippen LogP contribution in [0.15, 0.2) is 36.5 Å². The summed E-state index contributed by atoms with van der Waals surface area (Å²) < 4.78 is 14.6. The van der Waals surface area contributed by atoms with Crippen molar-refractivity contribution in [2.45, 2.75) is 19.9 Å². The molecule has 0 aliphatic heterocycles. The van der Waals surface area contributed by atoms with Crippen LogP contribution >= 0.6 is 0 Å². The molecule has 1 N–H and O–H groups in total.